The molecule has 1 aromatic heterocycles. The van der Waals surface area contributed by atoms with Crippen LogP contribution in [0.2, 0.25) is 19.6 Å². The number of benzene rings is 7. The van der Waals surface area contributed by atoms with Crippen LogP contribution in [0.25, 0.3) is 55.9 Å². The zero-order valence-electron chi connectivity index (χ0n) is 30.4. The van der Waals surface area contributed by atoms with Crippen molar-refractivity contribution in [1.82, 2.24) is 4.98 Å². The predicted octanol–water partition coefficient (Wildman–Crippen LogP) is 12.7. The largest absolute Gasteiger partial charge is 0.248 e. The second-order valence-electron chi connectivity index (χ2n) is 15.2. The van der Waals surface area contributed by atoms with Crippen LogP contribution in [0.3, 0.4) is 0 Å². The molecule has 1 aliphatic carbocycles. The second-order valence-corrected chi connectivity index (χ2v) is 20.3. The van der Waals surface area contributed by atoms with Gasteiger partial charge >= 0.3 is 0 Å². The SMILES string of the molecule is C[Si](C)(C)c1ccc2c(c1)C(c1ccccc1)(c1ccccc1)c1cc(-c3cccc(-c4cc(-c5ccccc5)nc(-c5ccccc5)c4)c3)ccc1-2. The van der Waals surface area contributed by atoms with Crippen molar-refractivity contribution < 1.29 is 0 Å². The lowest BCUT2D eigenvalue weighted by Gasteiger charge is -2.35. The van der Waals surface area contributed by atoms with Gasteiger partial charge in [-0.1, -0.05) is 195 Å². The van der Waals surface area contributed by atoms with Crippen molar-refractivity contribution in [1.29, 1.82) is 0 Å². The van der Waals surface area contributed by atoms with E-state index in [-0.39, 0.29) is 0 Å². The molecule has 1 aliphatic rings. The summed E-state index contributed by atoms with van der Waals surface area (Å²) in [6.45, 7) is 7.34. The minimum Gasteiger partial charge on any atom is -0.248 e. The third kappa shape index (κ3) is 5.76. The molecule has 0 amide bonds. The van der Waals surface area contributed by atoms with Crippen LogP contribution in [0.5, 0.6) is 0 Å². The minimum absolute atomic E-state index is 0.448. The van der Waals surface area contributed by atoms with Crippen molar-refractivity contribution in [3.63, 3.8) is 0 Å². The Morgan fingerprint density at radius 2 is 0.792 bits per heavy atom. The number of pyridine rings is 1. The van der Waals surface area contributed by atoms with Crippen molar-refractivity contribution in [2.75, 3.05) is 0 Å². The monoisotopic (exact) mass is 695 g/mol. The molecule has 53 heavy (non-hydrogen) atoms. The highest BCUT2D eigenvalue weighted by atomic mass is 28.3. The summed E-state index contributed by atoms with van der Waals surface area (Å²) in [7, 11) is -1.60. The number of nitrogens with zero attached hydrogens (tertiary/aromatic N) is 1. The van der Waals surface area contributed by atoms with E-state index in [1.165, 1.54) is 55.3 Å². The highest BCUT2D eigenvalue weighted by Gasteiger charge is 2.46. The van der Waals surface area contributed by atoms with E-state index in [1.54, 1.807) is 0 Å². The van der Waals surface area contributed by atoms with Crippen LogP contribution in [-0.2, 0) is 5.41 Å². The summed E-state index contributed by atoms with van der Waals surface area (Å²) in [6, 6.07) is 71.2. The van der Waals surface area contributed by atoms with Gasteiger partial charge in [0.2, 0.25) is 0 Å². The maximum absolute atomic E-state index is 5.14. The fraction of sp³-hybridized carbons (Fsp3) is 0.0784. The van der Waals surface area contributed by atoms with E-state index in [2.05, 4.69) is 214 Å². The normalized spacial score (nSPS) is 13.0. The Balaban J connectivity index is 1.24. The highest BCUT2D eigenvalue weighted by Crippen LogP contribution is 2.56. The lowest BCUT2D eigenvalue weighted by atomic mass is 9.67. The van der Waals surface area contributed by atoms with Gasteiger partial charge < -0.3 is 0 Å². The van der Waals surface area contributed by atoms with Gasteiger partial charge in [0, 0.05) is 11.1 Å². The predicted molar refractivity (Wildman–Crippen MR) is 226 cm³/mol. The summed E-state index contributed by atoms with van der Waals surface area (Å²) >= 11 is 0. The molecule has 2 heteroatoms. The van der Waals surface area contributed by atoms with Crippen LogP contribution in [0.1, 0.15) is 22.3 Å². The van der Waals surface area contributed by atoms with Crippen molar-refractivity contribution >= 4 is 13.3 Å². The Kier molecular flexibility index (Phi) is 8.14. The molecule has 254 valence electrons. The van der Waals surface area contributed by atoms with Crippen LogP contribution in [0, 0.1) is 0 Å². The van der Waals surface area contributed by atoms with Crippen LogP contribution in [0.4, 0.5) is 0 Å². The number of aromatic nitrogens is 1. The van der Waals surface area contributed by atoms with E-state index in [9.17, 15) is 0 Å². The molecule has 0 aliphatic heterocycles. The molecule has 0 unspecified atom stereocenters. The highest BCUT2D eigenvalue weighted by molar-refractivity contribution is 6.88. The Bertz CT molecular complexity index is 2470. The Hall–Kier alpha value is -6.09. The van der Waals surface area contributed by atoms with Gasteiger partial charge in [0.15, 0.2) is 0 Å². The lowest BCUT2D eigenvalue weighted by Crippen LogP contribution is -2.39. The van der Waals surface area contributed by atoms with Gasteiger partial charge in [-0.15, -0.1) is 0 Å². The van der Waals surface area contributed by atoms with Gasteiger partial charge in [-0.2, -0.15) is 0 Å². The number of hydrogen-bond donors (Lipinski definition) is 0. The lowest BCUT2D eigenvalue weighted by molar-refractivity contribution is 0.769. The molecule has 0 spiro atoms. The smallest absolute Gasteiger partial charge is 0.0776 e. The summed E-state index contributed by atoms with van der Waals surface area (Å²) in [5.41, 5.74) is 16.4. The molecule has 0 bridgehead atoms. The fourth-order valence-electron chi connectivity index (χ4n) is 8.22. The molecule has 1 heterocycles. The van der Waals surface area contributed by atoms with E-state index in [1.807, 2.05) is 0 Å². The number of fused-ring (bicyclic) bond motifs is 3. The van der Waals surface area contributed by atoms with E-state index in [0.717, 1.165) is 28.1 Å². The van der Waals surface area contributed by atoms with E-state index < -0.39 is 13.5 Å². The maximum Gasteiger partial charge on any atom is 0.0776 e. The molecule has 8 aromatic rings. The summed E-state index contributed by atoms with van der Waals surface area (Å²) in [5, 5.41) is 1.48. The molecule has 0 radical (unpaired) electrons. The molecule has 0 N–H and O–H groups in total. The van der Waals surface area contributed by atoms with Gasteiger partial charge in [0.1, 0.15) is 0 Å². The van der Waals surface area contributed by atoms with Crippen molar-refractivity contribution in [3.05, 3.63) is 216 Å². The average molecular weight is 696 g/mol. The topological polar surface area (TPSA) is 12.9 Å². The van der Waals surface area contributed by atoms with Gasteiger partial charge in [0.25, 0.3) is 0 Å². The standard InChI is InChI=1S/C51H41NSi/c1-53(2,3)44-28-30-46-45-29-27-40(32-47(45)51(48(46)35-44,42-23-12-6-13-24-42)43-25-14-7-15-26-43)38-21-16-22-39(31-38)41-33-49(36-17-8-4-9-18-36)52-50(34-41)37-19-10-5-11-20-37/h4-35H,1-3H3. The van der Waals surface area contributed by atoms with E-state index in [4.69, 9.17) is 4.98 Å². The van der Waals surface area contributed by atoms with Gasteiger partial charge in [-0.05, 0) is 79.9 Å². The molecule has 0 fully saturated rings. The van der Waals surface area contributed by atoms with Crippen LogP contribution in [0.15, 0.2) is 194 Å². The van der Waals surface area contributed by atoms with E-state index in [0.29, 0.717) is 0 Å². The van der Waals surface area contributed by atoms with Gasteiger partial charge in [-0.3, -0.25) is 0 Å². The van der Waals surface area contributed by atoms with Crippen molar-refractivity contribution in [2.24, 2.45) is 0 Å². The fourth-order valence-corrected chi connectivity index (χ4v) is 9.38. The molecule has 7 aromatic carbocycles. The molecule has 1 nitrogen and oxygen atoms in total. The summed E-state index contributed by atoms with van der Waals surface area (Å²) in [5.74, 6) is 0. The molecule has 9 rings (SSSR count). The second kappa shape index (κ2) is 13.1. The van der Waals surface area contributed by atoms with Crippen LogP contribution >= 0.6 is 0 Å². The number of hydrogen-bond acceptors (Lipinski definition) is 1. The molecule has 0 atom stereocenters. The first-order valence-electron chi connectivity index (χ1n) is 18.5. The average Bonchev–Trinajstić information content (AvgIpc) is 3.51. The Morgan fingerprint density at radius 1 is 0.358 bits per heavy atom. The summed E-state index contributed by atoms with van der Waals surface area (Å²) in [4.78, 5) is 5.14. The van der Waals surface area contributed by atoms with Crippen LogP contribution in [-0.4, -0.2) is 13.1 Å². The third-order valence-electron chi connectivity index (χ3n) is 10.9. The number of rotatable bonds is 7. The summed E-state index contributed by atoms with van der Waals surface area (Å²) < 4.78 is 0. The quantitative estimate of drug-likeness (QED) is 0.151. The third-order valence-corrected chi connectivity index (χ3v) is 13.0. The first-order valence-corrected chi connectivity index (χ1v) is 22.0. The molecule has 0 saturated heterocycles. The zero-order chi connectivity index (χ0) is 36.0. The Labute approximate surface area is 314 Å². The molecule has 0 saturated carbocycles. The summed E-state index contributed by atoms with van der Waals surface area (Å²) in [6.07, 6.45) is 0. The van der Waals surface area contributed by atoms with Gasteiger partial charge in [0.05, 0.1) is 24.9 Å². The Morgan fingerprint density at radius 3 is 1.32 bits per heavy atom. The maximum atomic E-state index is 5.14. The van der Waals surface area contributed by atoms with Crippen LogP contribution < -0.4 is 5.19 Å². The van der Waals surface area contributed by atoms with Crippen molar-refractivity contribution in [3.8, 4) is 55.9 Å². The van der Waals surface area contributed by atoms with Gasteiger partial charge in [-0.25, -0.2) is 4.98 Å². The molecular weight excluding hydrogens is 655 g/mol. The van der Waals surface area contributed by atoms with E-state index >= 15 is 0 Å². The zero-order valence-corrected chi connectivity index (χ0v) is 31.4. The minimum atomic E-state index is -1.60. The molecular formula is C51H41NSi. The first kappa shape index (κ1) is 32.8. The van der Waals surface area contributed by atoms with Crippen molar-refractivity contribution in [2.45, 2.75) is 25.1 Å². The first-order chi connectivity index (χ1) is 25.9.